The minimum Gasteiger partial charge on any atom is -0.271 e. The number of thiol groups is 1. The molecule has 1 aromatic carbocycles. The van der Waals surface area contributed by atoms with Gasteiger partial charge in [-0.2, -0.15) is 12.6 Å². The number of para-hydroxylation sites is 1. The highest BCUT2D eigenvalue weighted by Gasteiger charge is 2.14. The molecule has 0 spiro atoms. The van der Waals surface area contributed by atoms with Crippen LogP contribution < -0.4 is 5.32 Å². The van der Waals surface area contributed by atoms with Crippen LogP contribution in [0.1, 0.15) is 12.0 Å². The van der Waals surface area contributed by atoms with Gasteiger partial charge in [0.2, 0.25) is 0 Å². The minimum absolute atomic E-state index is 0.213. The zero-order chi connectivity index (χ0) is 7.68. The van der Waals surface area contributed by atoms with Crippen molar-refractivity contribution in [3.63, 3.8) is 0 Å². The van der Waals surface area contributed by atoms with Crippen LogP contribution in [-0.4, -0.2) is 5.37 Å². The number of nitrogens with zero attached hydrogens (tertiary/aromatic N) is 1. The van der Waals surface area contributed by atoms with Gasteiger partial charge >= 0.3 is 0 Å². The Morgan fingerprint density at radius 2 is 2.18 bits per heavy atom. The van der Waals surface area contributed by atoms with Gasteiger partial charge in [-0.3, -0.25) is 5.32 Å². The van der Waals surface area contributed by atoms with Gasteiger partial charge in [-0.25, -0.2) is 0 Å². The van der Waals surface area contributed by atoms with E-state index in [4.69, 9.17) is 0 Å². The van der Waals surface area contributed by atoms with Crippen molar-refractivity contribution in [3.05, 3.63) is 29.8 Å². The monoisotopic (exact) mass is 164 g/mol. The van der Waals surface area contributed by atoms with Gasteiger partial charge in [0, 0.05) is 0 Å². The fraction of sp³-hybridized carbons (Fsp3) is 0.333. The molecule has 1 aromatic rings. The molecule has 0 bridgehead atoms. The van der Waals surface area contributed by atoms with Gasteiger partial charge in [0.1, 0.15) is 0 Å². The Hall–Kier alpha value is -0.630. The topological polar surface area (TPSA) is 14.1 Å². The molecule has 57 valence electrons. The molecule has 0 N–H and O–H groups in total. The van der Waals surface area contributed by atoms with Gasteiger partial charge in [-0.1, -0.05) is 18.2 Å². The lowest BCUT2D eigenvalue weighted by Crippen LogP contribution is -2.18. The van der Waals surface area contributed by atoms with Crippen molar-refractivity contribution in [1.29, 1.82) is 0 Å². The van der Waals surface area contributed by atoms with Gasteiger partial charge in [0.15, 0.2) is 0 Å². The van der Waals surface area contributed by atoms with E-state index in [1.807, 2.05) is 6.07 Å². The molecule has 0 aliphatic carbocycles. The summed E-state index contributed by atoms with van der Waals surface area (Å²) < 4.78 is 0. The maximum atomic E-state index is 4.41. The van der Waals surface area contributed by atoms with Gasteiger partial charge in [-0.05, 0) is 24.5 Å². The molecule has 11 heavy (non-hydrogen) atoms. The standard InChI is InChI=1S/C9H10NS/c11-9-6-5-7-3-1-2-4-8(7)10-9/h1-4,9,11H,5-6H2. The molecular formula is C9H10NS. The molecule has 1 unspecified atom stereocenters. The fourth-order valence-electron chi connectivity index (χ4n) is 1.36. The Morgan fingerprint density at radius 1 is 1.36 bits per heavy atom. The third kappa shape index (κ3) is 1.36. The van der Waals surface area contributed by atoms with Crippen molar-refractivity contribution in [2.45, 2.75) is 18.2 Å². The summed E-state index contributed by atoms with van der Waals surface area (Å²) >= 11 is 4.32. The molecule has 0 saturated heterocycles. The van der Waals surface area contributed by atoms with Gasteiger partial charge in [0.05, 0.1) is 11.1 Å². The molecule has 1 aliphatic rings. The number of rotatable bonds is 0. The summed E-state index contributed by atoms with van der Waals surface area (Å²) in [6.07, 6.45) is 2.19. The largest absolute Gasteiger partial charge is 0.271 e. The Balaban J connectivity index is 2.34. The van der Waals surface area contributed by atoms with E-state index in [2.05, 4.69) is 36.1 Å². The van der Waals surface area contributed by atoms with E-state index in [-0.39, 0.29) is 5.37 Å². The van der Waals surface area contributed by atoms with Crippen LogP contribution >= 0.6 is 12.6 Å². The van der Waals surface area contributed by atoms with E-state index in [1.54, 1.807) is 0 Å². The quantitative estimate of drug-likeness (QED) is 0.565. The predicted octanol–water partition coefficient (Wildman–Crippen LogP) is 2.12. The average Bonchev–Trinajstić information content (AvgIpc) is 2.04. The summed E-state index contributed by atoms with van der Waals surface area (Å²) in [5.41, 5.74) is 2.48. The van der Waals surface area contributed by atoms with Crippen molar-refractivity contribution in [2.24, 2.45) is 0 Å². The molecule has 2 rings (SSSR count). The zero-order valence-corrected chi connectivity index (χ0v) is 7.09. The minimum atomic E-state index is 0.213. The van der Waals surface area contributed by atoms with Crippen molar-refractivity contribution in [2.75, 3.05) is 0 Å². The van der Waals surface area contributed by atoms with E-state index in [0.29, 0.717) is 0 Å². The third-order valence-corrected chi connectivity index (χ3v) is 2.33. The molecule has 2 heteroatoms. The molecule has 0 amide bonds. The third-order valence-electron chi connectivity index (χ3n) is 1.95. The van der Waals surface area contributed by atoms with E-state index in [0.717, 1.165) is 18.5 Å². The van der Waals surface area contributed by atoms with Crippen LogP contribution in [0.2, 0.25) is 0 Å². The van der Waals surface area contributed by atoms with E-state index in [9.17, 15) is 0 Å². The van der Waals surface area contributed by atoms with E-state index < -0.39 is 0 Å². The second-order valence-corrected chi connectivity index (χ2v) is 3.37. The predicted molar refractivity (Wildman–Crippen MR) is 49.3 cm³/mol. The summed E-state index contributed by atoms with van der Waals surface area (Å²) in [6.45, 7) is 0. The molecule has 0 aromatic heterocycles. The highest BCUT2D eigenvalue weighted by molar-refractivity contribution is 7.80. The molecule has 1 atom stereocenters. The first-order chi connectivity index (χ1) is 5.36. The van der Waals surface area contributed by atoms with E-state index >= 15 is 0 Å². The summed E-state index contributed by atoms with van der Waals surface area (Å²) in [5.74, 6) is 0. The first-order valence-corrected chi connectivity index (χ1v) is 4.35. The summed E-state index contributed by atoms with van der Waals surface area (Å²) in [5, 5.41) is 4.62. The summed E-state index contributed by atoms with van der Waals surface area (Å²) in [6, 6.07) is 8.28. The first-order valence-electron chi connectivity index (χ1n) is 3.83. The van der Waals surface area contributed by atoms with Crippen molar-refractivity contribution in [3.8, 4) is 0 Å². The number of hydrogen-bond donors (Lipinski definition) is 1. The highest BCUT2D eigenvalue weighted by Crippen LogP contribution is 2.25. The maximum absolute atomic E-state index is 4.41. The molecular weight excluding hydrogens is 154 g/mol. The Labute approximate surface area is 72.2 Å². The van der Waals surface area contributed by atoms with Crippen LogP contribution in [0.25, 0.3) is 0 Å². The second-order valence-electron chi connectivity index (χ2n) is 2.78. The molecule has 0 saturated carbocycles. The molecule has 1 heterocycles. The van der Waals surface area contributed by atoms with Crippen LogP contribution in [0, 0.1) is 0 Å². The lowest BCUT2D eigenvalue weighted by molar-refractivity contribution is 0.664. The lowest BCUT2D eigenvalue weighted by Gasteiger charge is -2.20. The van der Waals surface area contributed by atoms with Crippen LogP contribution in [0.3, 0.4) is 0 Å². The smallest absolute Gasteiger partial charge is 0.0933 e. The SMILES string of the molecule is SC1CCc2ccccc2[N]1. The molecule has 1 nitrogen and oxygen atoms in total. The average molecular weight is 164 g/mol. The molecule has 0 fully saturated rings. The van der Waals surface area contributed by atoms with Crippen LogP contribution in [0.5, 0.6) is 0 Å². The zero-order valence-electron chi connectivity index (χ0n) is 6.20. The maximum Gasteiger partial charge on any atom is 0.0933 e. The van der Waals surface area contributed by atoms with Gasteiger partial charge in [-0.15, -0.1) is 0 Å². The highest BCUT2D eigenvalue weighted by atomic mass is 32.1. The normalized spacial score (nSPS) is 22.1. The second kappa shape index (κ2) is 2.78. The Morgan fingerprint density at radius 3 is 3.09 bits per heavy atom. The summed E-state index contributed by atoms with van der Waals surface area (Å²) in [4.78, 5) is 0. The van der Waals surface area contributed by atoms with Crippen LogP contribution in [0.15, 0.2) is 24.3 Å². The van der Waals surface area contributed by atoms with Crippen molar-refractivity contribution in [1.82, 2.24) is 5.32 Å². The van der Waals surface area contributed by atoms with Crippen LogP contribution in [0.4, 0.5) is 5.69 Å². The number of benzene rings is 1. The van der Waals surface area contributed by atoms with Crippen LogP contribution in [-0.2, 0) is 6.42 Å². The fourth-order valence-corrected chi connectivity index (χ4v) is 1.61. The lowest BCUT2D eigenvalue weighted by atomic mass is 10.0. The number of hydrogen-bond acceptors (Lipinski definition) is 1. The number of fused-ring (bicyclic) bond motifs is 1. The number of aryl methyl sites for hydroxylation is 1. The van der Waals surface area contributed by atoms with E-state index in [1.165, 1.54) is 5.56 Å². The molecule has 1 aliphatic heterocycles. The summed E-state index contributed by atoms with van der Waals surface area (Å²) in [7, 11) is 0. The Kier molecular flexibility index (Phi) is 1.78. The first kappa shape index (κ1) is 7.04. The van der Waals surface area contributed by atoms with Crippen molar-refractivity contribution >= 4 is 18.3 Å². The van der Waals surface area contributed by atoms with Gasteiger partial charge in [0.25, 0.3) is 0 Å². The van der Waals surface area contributed by atoms with Crippen molar-refractivity contribution < 1.29 is 0 Å². The van der Waals surface area contributed by atoms with Gasteiger partial charge < -0.3 is 0 Å². The Bertz CT molecular complexity index is 259. The molecule has 1 radical (unpaired) electrons.